The average Bonchev–Trinajstić information content (AvgIpc) is 2.13. The Balaban J connectivity index is 4.13. The summed E-state index contributed by atoms with van der Waals surface area (Å²) in [7, 11) is 0. The summed E-state index contributed by atoms with van der Waals surface area (Å²) in [5, 5.41) is 14.3. The van der Waals surface area contributed by atoms with Crippen molar-refractivity contribution in [1.82, 2.24) is 0 Å². The molecule has 102 valence electrons. The zero-order valence-corrected chi connectivity index (χ0v) is 11.2. The summed E-state index contributed by atoms with van der Waals surface area (Å²) in [6, 6.07) is 0. The molecule has 0 saturated heterocycles. The molecule has 0 bridgehead atoms. The van der Waals surface area contributed by atoms with E-state index in [1.54, 1.807) is 13.8 Å². The van der Waals surface area contributed by atoms with Crippen LogP contribution in [0.2, 0.25) is 0 Å². The molecular formula is C12H20N2O4. The van der Waals surface area contributed by atoms with Crippen molar-refractivity contribution in [3.63, 3.8) is 0 Å². The van der Waals surface area contributed by atoms with Crippen LogP contribution in [0.1, 0.15) is 40.5 Å². The maximum absolute atomic E-state index is 11.3. The van der Waals surface area contributed by atoms with Gasteiger partial charge in [0.2, 0.25) is 0 Å². The Hall–Kier alpha value is -1.72. The van der Waals surface area contributed by atoms with Crippen molar-refractivity contribution in [1.29, 1.82) is 10.8 Å². The van der Waals surface area contributed by atoms with Crippen molar-refractivity contribution in [2.45, 2.75) is 52.7 Å². The molecule has 2 unspecified atom stereocenters. The van der Waals surface area contributed by atoms with E-state index in [4.69, 9.17) is 20.3 Å². The molecular weight excluding hydrogens is 236 g/mol. The van der Waals surface area contributed by atoms with E-state index in [2.05, 4.69) is 0 Å². The van der Waals surface area contributed by atoms with E-state index in [0.717, 1.165) is 0 Å². The fraction of sp³-hybridized carbons (Fsp3) is 0.667. The SMILES string of the molecule is CC(=N)CC(=O)OC(C)C(C)OC(=O)CC(C)=N. The Bertz CT molecular complexity index is 318. The molecule has 6 heteroatoms. The highest BCUT2D eigenvalue weighted by molar-refractivity contribution is 5.96. The van der Waals surface area contributed by atoms with Gasteiger partial charge in [-0.1, -0.05) is 0 Å². The van der Waals surface area contributed by atoms with Gasteiger partial charge in [-0.05, 0) is 27.7 Å². The van der Waals surface area contributed by atoms with Crippen LogP contribution in [0.15, 0.2) is 0 Å². The number of rotatable bonds is 7. The monoisotopic (exact) mass is 256 g/mol. The van der Waals surface area contributed by atoms with Gasteiger partial charge in [0.15, 0.2) is 0 Å². The summed E-state index contributed by atoms with van der Waals surface area (Å²) in [5.74, 6) is -1.03. The van der Waals surface area contributed by atoms with Crippen molar-refractivity contribution in [3.8, 4) is 0 Å². The molecule has 0 heterocycles. The first-order chi connectivity index (χ1) is 8.22. The van der Waals surface area contributed by atoms with Gasteiger partial charge < -0.3 is 20.3 Å². The number of hydrogen-bond donors (Lipinski definition) is 2. The zero-order valence-electron chi connectivity index (χ0n) is 11.2. The minimum Gasteiger partial charge on any atom is -0.458 e. The number of carbonyl (C=O) groups excluding carboxylic acids is 2. The minimum atomic E-state index is -0.577. The number of esters is 2. The average molecular weight is 256 g/mol. The van der Waals surface area contributed by atoms with Gasteiger partial charge in [0, 0.05) is 11.4 Å². The van der Waals surface area contributed by atoms with Crippen LogP contribution in [-0.2, 0) is 19.1 Å². The standard InChI is InChI=1S/C12H20N2O4/c1-7(13)5-11(15)17-9(3)10(4)18-12(16)6-8(2)14/h9-10,13-14H,5-6H2,1-4H3. The highest BCUT2D eigenvalue weighted by Crippen LogP contribution is 2.06. The quantitative estimate of drug-likeness (QED) is 0.535. The molecule has 0 aliphatic heterocycles. The van der Waals surface area contributed by atoms with E-state index in [9.17, 15) is 9.59 Å². The topological polar surface area (TPSA) is 100 Å². The molecule has 0 aliphatic carbocycles. The van der Waals surface area contributed by atoms with Crippen LogP contribution >= 0.6 is 0 Å². The Kier molecular flexibility index (Phi) is 6.85. The van der Waals surface area contributed by atoms with Gasteiger partial charge in [0.25, 0.3) is 0 Å². The summed E-state index contributed by atoms with van der Waals surface area (Å²) in [5.41, 5.74) is 0.438. The second kappa shape index (κ2) is 7.58. The molecule has 0 aromatic heterocycles. The van der Waals surface area contributed by atoms with Crippen LogP contribution in [0.5, 0.6) is 0 Å². The molecule has 0 rings (SSSR count). The van der Waals surface area contributed by atoms with Gasteiger partial charge in [-0.3, -0.25) is 9.59 Å². The summed E-state index contributed by atoms with van der Waals surface area (Å²) in [6.45, 7) is 6.27. The van der Waals surface area contributed by atoms with Gasteiger partial charge in [-0.25, -0.2) is 0 Å². The smallest absolute Gasteiger partial charge is 0.311 e. The molecule has 0 fully saturated rings. The minimum absolute atomic E-state index is 0.0649. The molecule has 0 aromatic carbocycles. The maximum atomic E-state index is 11.3. The van der Waals surface area contributed by atoms with E-state index in [1.807, 2.05) is 0 Å². The van der Waals surface area contributed by atoms with E-state index in [1.165, 1.54) is 13.8 Å². The van der Waals surface area contributed by atoms with E-state index < -0.39 is 24.1 Å². The molecule has 0 aromatic rings. The van der Waals surface area contributed by atoms with Crippen LogP contribution in [0, 0.1) is 10.8 Å². The lowest BCUT2D eigenvalue weighted by atomic mass is 10.2. The van der Waals surface area contributed by atoms with E-state index in [-0.39, 0.29) is 24.3 Å². The van der Waals surface area contributed by atoms with Crippen molar-refractivity contribution >= 4 is 23.4 Å². The molecule has 18 heavy (non-hydrogen) atoms. The molecule has 0 radical (unpaired) electrons. The fourth-order valence-corrected chi connectivity index (χ4v) is 1.12. The summed E-state index contributed by atoms with van der Waals surface area (Å²) in [6.07, 6.45) is -1.28. The molecule has 0 saturated carbocycles. The third-order valence-corrected chi connectivity index (χ3v) is 2.11. The highest BCUT2D eigenvalue weighted by atomic mass is 16.6. The Morgan fingerprint density at radius 2 is 1.17 bits per heavy atom. The van der Waals surface area contributed by atoms with Gasteiger partial charge in [0.1, 0.15) is 12.2 Å². The van der Waals surface area contributed by atoms with Crippen molar-refractivity contribution in [3.05, 3.63) is 0 Å². The molecule has 2 N–H and O–H groups in total. The third kappa shape index (κ3) is 7.54. The number of hydrogen-bond acceptors (Lipinski definition) is 6. The van der Waals surface area contributed by atoms with Crippen molar-refractivity contribution < 1.29 is 19.1 Å². The maximum Gasteiger partial charge on any atom is 0.311 e. The first kappa shape index (κ1) is 16.3. The Labute approximate surface area is 107 Å². The lowest BCUT2D eigenvalue weighted by molar-refractivity contribution is -0.163. The molecule has 2 atom stereocenters. The van der Waals surface area contributed by atoms with Gasteiger partial charge in [-0.2, -0.15) is 0 Å². The van der Waals surface area contributed by atoms with Gasteiger partial charge in [-0.15, -0.1) is 0 Å². The summed E-state index contributed by atoms with van der Waals surface area (Å²) >= 11 is 0. The van der Waals surface area contributed by atoms with Crippen molar-refractivity contribution in [2.24, 2.45) is 0 Å². The molecule has 0 amide bonds. The normalized spacial score (nSPS) is 13.3. The van der Waals surface area contributed by atoms with E-state index >= 15 is 0 Å². The van der Waals surface area contributed by atoms with Crippen LogP contribution in [0.3, 0.4) is 0 Å². The second-order valence-electron chi connectivity index (χ2n) is 4.30. The lowest BCUT2D eigenvalue weighted by Crippen LogP contribution is -2.31. The van der Waals surface area contributed by atoms with Crippen molar-refractivity contribution in [2.75, 3.05) is 0 Å². The molecule has 6 nitrogen and oxygen atoms in total. The van der Waals surface area contributed by atoms with E-state index in [0.29, 0.717) is 0 Å². The molecule has 0 aliphatic rings. The second-order valence-corrected chi connectivity index (χ2v) is 4.30. The summed E-state index contributed by atoms with van der Waals surface area (Å²) < 4.78 is 10.0. The predicted molar refractivity (Wildman–Crippen MR) is 67.1 cm³/mol. The lowest BCUT2D eigenvalue weighted by Gasteiger charge is -2.20. The van der Waals surface area contributed by atoms with Crippen LogP contribution in [0.4, 0.5) is 0 Å². The third-order valence-electron chi connectivity index (χ3n) is 2.11. The highest BCUT2D eigenvalue weighted by Gasteiger charge is 2.20. The summed E-state index contributed by atoms with van der Waals surface area (Å²) in [4.78, 5) is 22.6. The molecule has 0 spiro atoms. The first-order valence-corrected chi connectivity index (χ1v) is 5.69. The number of nitrogens with one attached hydrogen (secondary N) is 2. The number of ether oxygens (including phenoxy) is 2. The zero-order chi connectivity index (χ0) is 14.3. The predicted octanol–water partition coefficient (Wildman–Crippen LogP) is 1.71. The number of carbonyl (C=O) groups is 2. The van der Waals surface area contributed by atoms with Crippen LogP contribution in [-0.4, -0.2) is 35.6 Å². The Morgan fingerprint density at radius 3 is 1.39 bits per heavy atom. The Morgan fingerprint density at radius 1 is 0.889 bits per heavy atom. The largest absolute Gasteiger partial charge is 0.458 e. The first-order valence-electron chi connectivity index (χ1n) is 5.69. The van der Waals surface area contributed by atoms with Crippen LogP contribution in [0.25, 0.3) is 0 Å². The fourth-order valence-electron chi connectivity index (χ4n) is 1.12. The van der Waals surface area contributed by atoms with Gasteiger partial charge in [0.05, 0.1) is 12.8 Å². The van der Waals surface area contributed by atoms with Gasteiger partial charge >= 0.3 is 11.9 Å². The van der Waals surface area contributed by atoms with Crippen LogP contribution < -0.4 is 0 Å².